The fourth-order valence-electron chi connectivity index (χ4n) is 2.59. The van der Waals surface area contributed by atoms with Gasteiger partial charge >= 0.3 is 0 Å². The first-order chi connectivity index (χ1) is 11.8. The number of fused-ring (bicyclic) bond motifs is 1. The molecule has 1 saturated heterocycles. The van der Waals surface area contributed by atoms with E-state index in [1.165, 1.54) is 6.33 Å². The van der Waals surface area contributed by atoms with Gasteiger partial charge in [-0.15, -0.1) is 11.3 Å². The third-order valence-electron chi connectivity index (χ3n) is 3.82. The highest BCUT2D eigenvalue weighted by Crippen LogP contribution is 2.26. The van der Waals surface area contributed by atoms with Crippen molar-refractivity contribution in [3.05, 3.63) is 30.2 Å². The lowest BCUT2D eigenvalue weighted by atomic mass is 10.3. The van der Waals surface area contributed by atoms with Crippen LogP contribution in [0.3, 0.4) is 0 Å². The second-order valence-electron chi connectivity index (χ2n) is 5.41. The van der Waals surface area contributed by atoms with Crippen LogP contribution in [0.2, 0.25) is 0 Å². The molecule has 8 nitrogen and oxygen atoms in total. The number of rotatable bonds is 4. The zero-order valence-corrected chi connectivity index (χ0v) is 13.7. The van der Waals surface area contributed by atoms with Gasteiger partial charge in [0.15, 0.2) is 0 Å². The Hall–Kier alpha value is -2.52. The highest BCUT2D eigenvalue weighted by Gasteiger charge is 2.17. The molecule has 24 heavy (non-hydrogen) atoms. The van der Waals surface area contributed by atoms with Crippen molar-refractivity contribution in [2.24, 2.45) is 0 Å². The molecule has 0 unspecified atom stereocenters. The SMILES string of the molecule is O=C(Cn1cc(Nc2ncnc3sccc23)cn1)N1CCOCC1. The van der Waals surface area contributed by atoms with Gasteiger partial charge in [0, 0.05) is 19.3 Å². The van der Waals surface area contributed by atoms with Crippen LogP contribution in [0.5, 0.6) is 0 Å². The van der Waals surface area contributed by atoms with Crippen molar-refractivity contribution < 1.29 is 9.53 Å². The summed E-state index contributed by atoms with van der Waals surface area (Å²) in [5, 5.41) is 10.4. The van der Waals surface area contributed by atoms with Gasteiger partial charge in [-0.2, -0.15) is 5.10 Å². The van der Waals surface area contributed by atoms with E-state index in [0.717, 1.165) is 21.7 Å². The minimum Gasteiger partial charge on any atom is -0.378 e. The summed E-state index contributed by atoms with van der Waals surface area (Å²) >= 11 is 1.57. The summed E-state index contributed by atoms with van der Waals surface area (Å²) in [7, 11) is 0. The first kappa shape index (κ1) is 15.0. The highest BCUT2D eigenvalue weighted by molar-refractivity contribution is 7.16. The molecule has 1 aliphatic heterocycles. The maximum Gasteiger partial charge on any atom is 0.244 e. The van der Waals surface area contributed by atoms with Crippen molar-refractivity contribution in [3.8, 4) is 0 Å². The zero-order valence-electron chi connectivity index (χ0n) is 12.9. The van der Waals surface area contributed by atoms with E-state index in [4.69, 9.17) is 4.74 Å². The average Bonchev–Trinajstić information content (AvgIpc) is 3.25. The van der Waals surface area contributed by atoms with E-state index in [9.17, 15) is 4.79 Å². The van der Waals surface area contributed by atoms with Crippen LogP contribution in [0.25, 0.3) is 10.2 Å². The molecule has 4 rings (SSSR count). The predicted molar refractivity (Wildman–Crippen MR) is 90.3 cm³/mol. The molecule has 1 aliphatic rings. The Kier molecular flexibility index (Phi) is 4.09. The van der Waals surface area contributed by atoms with Gasteiger partial charge in [-0.3, -0.25) is 9.48 Å². The summed E-state index contributed by atoms with van der Waals surface area (Å²) in [6.07, 6.45) is 5.03. The topological polar surface area (TPSA) is 85.2 Å². The molecule has 0 radical (unpaired) electrons. The van der Waals surface area contributed by atoms with E-state index in [0.29, 0.717) is 26.3 Å². The first-order valence-corrected chi connectivity index (χ1v) is 8.51. The molecule has 0 aromatic carbocycles. The Morgan fingerprint density at radius 1 is 1.33 bits per heavy atom. The molecular weight excluding hydrogens is 328 g/mol. The lowest BCUT2D eigenvalue weighted by Gasteiger charge is -2.26. The van der Waals surface area contributed by atoms with Gasteiger partial charge in [0.25, 0.3) is 0 Å². The van der Waals surface area contributed by atoms with Gasteiger partial charge in [-0.05, 0) is 11.4 Å². The number of aromatic nitrogens is 4. The molecule has 0 saturated carbocycles. The maximum atomic E-state index is 12.2. The zero-order chi connectivity index (χ0) is 16.4. The maximum absolute atomic E-state index is 12.2. The largest absolute Gasteiger partial charge is 0.378 e. The van der Waals surface area contributed by atoms with Crippen LogP contribution in [0.15, 0.2) is 30.2 Å². The number of nitrogens with one attached hydrogen (secondary N) is 1. The van der Waals surface area contributed by atoms with Gasteiger partial charge in [0.1, 0.15) is 23.5 Å². The molecule has 124 valence electrons. The minimum atomic E-state index is 0.0511. The van der Waals surface area contributed by atoms with Crippen molar-refractivity contribution in [1.29, 1.82) is 0 Å². The Bertz CT molecular complexity index is 854. The molecule has 0 atom stereocenters. The Morgan fingerprint density at radius 2 is 2.21 bits per heavy atom. The number of thiophene rings is 1. The van der Waals surface area contributed by atoms with E-state index in [1.54, 1.807) is 33.3 Å². The number of morpholine rings is 1. The van der Waals surface area contributed by atoms with Crippen LogP contribution in [-0.2, 0) is 16.1 Å². The number of amides is 1. The lowest BCUT2D eigenvalue weighted by Crippen LogP contribution is -2.42. The van der Waals surface area contributed by atoms with E-state index in [2.05, 4.69) is 20.4 Å². The van der Waals surface area contributed by atoms with Gasteiger partial charge in [0.2, 0.25) is 5.91 Å². The number of carbonyl (C=O) groups excluding carboxylic acids is 1. The molecule has 3 aromatic heterocycles. The quantitative estimate of drug-likeness (QED) is 0.772. The number of carbonyl (C=O) groups is 1. The fraction of sp³-hybridized carbons (Fsp3) is 0.333. The predicted octanol–water partition coefficient (Wildman–Crippen LogP) is 1.49. The first-order valence-electron chi connectivity index (χ1n) is 7.63. The Morgan fingerprint density at radius 3 is 3.08 bits per heavy atom. The second kappa shape index (κ2) is 6.54. The summed E-state index contributed by atoms with van der Waals surface area (Å²) in [6.45, 7) is 2.70. The van der Waals surface area contributed by atoms with E-state index in [1.807, 2.05) is 11.4 Å². The standard InChI is InChI=1S/C15H16N6O2S/c22-13(20-2-4-23-5-3-20)9-21-8-11(7-18-21)19-14-12-1-6-24-15(12)17-10-16-14/h1,6-8,10H,2-5,9H2,(H,16,17,19). The second-order valence-corrected chi connectivity index (χ2v) is 6.30. The summed E-state index contributed by atoms with van der Waals surface area (Å²) in [5.74, 6) is 0.788. The van der Waals surface area contributed by atoms with Crippen molar-refractivity contribution in [2.75, 3.05) is 31.6 Å². The minimum absolute atomic E-state index is 0.0511. The number of anilines is 2. The lowest BCUT2D eigenvalue weighted by molar-refractivity contribution is -0.136. The van der Waals surface area contributed by atoms with Crippen LogP contribution >= 0.6 is 11.3 Å². The average molecular weight is 344 g/mol. The van der Waals surface area contributed by atoms with E-state index in [-0.39, 0.29) is 12.5 Å². The van der Waals surface area contributed by atoms with E-state index >= 15 is 0 Å². The molecule has 0 aliphatic carbocycles. The molecule has 0 bridgehead atoms. The number of hydrogen-bond acceptors (Lipinski definition) is 7. The van der Waals surface area contributed by atoms with Crippen LogP contribution in [0.4, 0.5) is 11.5 Å². The Labute approximate surface area is 142 Å². The third-order valence-corrected chi connectivity index (χ3v) is 4.64. The Balaban J connectivity index is 1.45. The van der Waals surface area contributed by atoms with Crippen LogP contribution in [0.1, 0.15) is 0 Å². The summed E-state index contributed by atoms with van der Waals surface area (Å²) < 4.78 is 6.89. The molecule has 3 aromatic rings. The number of hydrogen-bond donors (Lipinski definition) is 1. The molecule has 9 heteroatoms. The fourth-order valence-corrected chi connectivity index (χ4v) is 3.33. The van der Waals surface area contributed by atoms with Crippen LogP contribution < -0.4 is 5.32 Å². The monoisotopic (exact) mass is 344 g/mol. The van der Waals surface area contributed by atoms with Gasteiger partial charge in [-0.1, -0.05) is 0 Å². The molecule has 1 amide bonds. The highest BCUT2D eigenvalue weighted by atomic mass is 32.1. The van der Waals surface area contributed by atoms with Gasteiger partial charge in [0.05, 0.1) is 30.5 Å². The van der Waals surface area contributed by atoms with Crippen LogP contribution in [-0.4, -0.2) is 56.9 Å². The van der Waals surface area contributed by atoms with Gasteiger partial charge < -0.3 is 15.0 Å². The molecule has 1 N–H and O–H groups in total. The molecule has 4 heterocycles. The normalized spacial score (nSPS) is 14.9. The number of nitrogens with zero attached hydrogens (tertiary/aromatic N) is 5. The molecule has 1 fully saturated rings. The third kappa shape index (κ3) is 3.08. The smallest absolute Gasteiger partial charge is 0.244 e. The molecule has 0 spiro atoms. The summed E-state index contributed by atoms with van der Waals surface area (Å²) in [6, 6.07) is 1.98. The number of ether oxygens (including phenoxy) is 1. The summed E-state index contributed by atoms with van der Waals surface area (Å²) in [5.41, 5.74) is 0.788. The van der Waals surface area contributed by atoms with Gasteiger partial charge in [-0.25, -0.2) is 9.97 Å². The molecular formula is C15H16N6O2S. The van der Waals surface area contributed by atoms with Crippen molar-refractivity contribution >= 4 is 39.0 Å². The van der Waals surface area contributed by atoms with E-state index < -0.39 is 0 Å². The van der Waals surface area contributed by atoms with Crippen LogP contribution in [0, 0.1) is 0 Å². The van der Waals surface area contributed by atoms with Crippen molar-refractivity contribution in [3.63, 3.8) is 0 Å². The van der Waals surface area contributed by atoms with Crippen molar-refractivity contribution in [1.82, 2.24) is 24.6 Å². The summed E-state index contributed by atoms with van der Waals surface area (Å²) in [4.78, 5) is 23.5. The van der Waals surface area contributed by atoms with Crippen molar-refractivity contribution in [2.45, 2.75) is 6.54 Å².